The van der Waals surface area contributed by atoms with Gasteiger partial charge in [0.1, 0.15) is 17.7 Å². The lowest BCUT2D eigenvalue weighted by Crippen LogP contribution is -2.54. The van der Waals surface area contributed by atoms with Gasteiger partial charge in [0, 0.05) is 6.54 Å². The van der Waals surface area contributed by atoms with E-state index in [1.807, 2.05) is 0 Å². The number of carbonyl (C=O) groups is 4. The number of nitrogens with one attached hydrogen (secondary N) is 2. The predicted molar refractivity (Wildman–Crippen MR) is 111 cm³/mol. The van der Waals surface area contributed by atoms with Gasteiger partial charge in [0.2, 0.25) is 5.91 Å². The number of ether oxygens (including phenoxy) is 2. The SMILES string of the molecule is CC(=O)[C@@H](NC(=O)OC(C)(C)C)C(OC(=O)c1c(Cl)cccc1Cl)C1CCNC1=O. The molecule has 8 nitrogen and oxygen atoms in total. The molecule has 30 heavy (non-hydrogen) atoms. The minimum atomic E-state index is -1.31. The molecule has 0 radical (unpaired) electrons. The largest absolute Gasteiger partial charge is 0.455 e. The lowest BCUT2D eigenvalue weighted by atomic mass is 9.92. The number of carbonyl (C=O) groups excluding carboxylic acids is 4. The molecular formula is C20H24Cl2N2O6. The molecule has 1 aromatic carbocycles. The van der Waals surface area contributed by atoms with Crippen molar-refractivity contribution in [2.75, 3.05) is 6.54 Å². The Hall–Kier alpha value is -2.32. The number of esters is 1. The molecule has 1 aliphatic rings. The zero-order valence-corrected chi connectivity index (χ0v) is 18.6. The van der Waals surface area contributed by atoms with Crippen LogP contribution < -0.4 is 10.6 Å². The summed E-state index contributed by atoms with van der Waals surface area (Å²) in [4.78, 5) is 49.7. The second-order valence-corrected chi connectivity index (χ2v) is 8.70. The standard InChI is InChI=1S/C20H24Cl2N2O6/c1-10(25)15(24-19(28)30-20(2,3)4)16(11-8-9-23-17(11)26)29-18(27)14-12(21)6-5-7-13(14)22/h5-7,11,15-16H,8-9H2,1-4H3,(H,23,26)(H,24,28)/t11?,15-,16?/m1/s1. The summed E-state index contributed by atoms with van der Waals surface area (Å²) >= 11 is 12.1. The predicted octanol–water partition coefficient (Wildman–Crippen LogP) is 3.14. The van der Waals surface area contributed by atoms with Crippen LogP contribution in [-0.2, 0) is 19.1 Å². The molecule has 1 fully saturated rings. The van der Waals surface area contributed by atoms with Gasteiger partial charge in [-0.05, 0) is 46.2 Å². The third-order valence-corrected chi connectivity index (χ3v) is 4.97. The zero-order valence-electron chi connectivity index (χ0n) is 17.1. The van der Waals surface area contributed by atoms with E-state index in [9.17, 15) is 19.2 Å². The van der Waals surface area contributed by atoms with Crippen molar-refractivity contribution >= 4 is 47.0 Å². The number of amides is 2. The number of benzene rings is 1. The van der Waals surface area contributed by atoms with Crippen molar-refractivity contribution < 1.29 is 28.7 Å². The van der Waals surface area contributed by atoms with Crippen LogP contribution in [0.4, 0.5) is 4.79 Å². The lowest BCUT2D eigenvalue weighted by molar-refractivity contribution is -0.129. The van der Waals surface area contributed by atoms with Crippen molar-refractivity contribution in [1.82, 2.24) is 10.6 Å². The van der Waals surface area contributed by atoms with Gasteiger partial charge in [-0.15, -0.1) is 0 Å². The maximum atomic E-state index is 12.8. The van der Waals surface area contributed by atoms with Gasteiger partial charge in [-0.3, -0.25) is 9.59 Å². The Kier molecular flexibility index (Phi) is 7.71. The maximum Gasteiger partial charge on any atom is 0.408 e. The highest BCUT2D eigenvalue weighted by Crippen LogP contribution is 2.28. The van der Waals surface area contributed by atoms with Gasteiger partial charge < -0.3 is 20.1 Å². The molecule has 10 heteroatoms. The van der Waals surface area contributed by atoms with Crippen LogP contribution in [0.15, 0.2) is 18.2 Å². The summed E-state index contributed by atoms with van der Waals surface area (Å²) in [6, 6.07) is 3.18. The van der Waals surface area contributed by atoms with Crippen LogP contribution in [0.1, 0.15) is 44.5 Å². The van der Waals surface area contributed by atoms with E-state index in [1.54, 1.807) is 26.8 Å². The van der Waals surface area contributed by atoms with E-state index in [2.05, 4.69) is 10.6 Å². The van der Waals surface area contributed by atoms with Gasteiger partial charge in [-0.25, -0.2) is 9.59 Å². The van der Waals surface area contributed by atoms with E-state index >= 15 is 0 Å². The normalized spacial score (nSPS) is 18.2. The Morgan fingerprint density at radius 2 is 1.80 bits per heavy atom. The summed E-state index contributed by atoms with van der Waals surface area (Å²) in [6.45, 7) is 6.56. The average Bonchev–Trinajstić information content (AvgIpc) is 3.01. The lowest BCUT2D eigenvalue weighted by Gasteiger charge is -2.30. The molecule has 164 valence electrons. The number of halogens is 2. The minimum Gasteiger partial charge on any atom is -0.455 e. The van der Waals surface area contributed by atoms with Crippen LogP contribution in [-0.4, -0.2) is 48.0 Å². The molecule has 1 saturated heterocycles. The third kappa shape index (κ3) is 6.09. The highest BCUT2D eigenvalue weighted by atomic mass is 35.5. The molecule has 2 unspecified atom stereocenters. The van der Waals surface area contributed by atoms with Crippen LogP contribution in [0, 0.1) is 5.92 Å². The van der Waals surface area contributed by atoms with E-state index in [0.29, 0.717) is 13.0 Å². The number of hydrogen-bond donors (Lipinski definition) is 2. The second-order valence-electron chi connectivity index (χ2n) is 7.89. The Morgan fingerprint density at radius 1 is 1.20 bits per heavy atom. The Morgan fingerprint density at radius 3 is 2.27 bits per heavy atom. The quantitative estimate of drug-likeness (QED) is 0.633. The smallest absolute Gasteiger partial charge is 0.408 e. The summed E-state index contributed by atoms with van der Waals surface area (Å²) in [5.74, 6) is -2.66. The first-order valence-electron chi connectivity index (χ1n) is 9.33. The molecule has 1 aromatic rings. The van der Waals surface area contributed by atoms with Crippen LogP contribution in [0.3, 0.4) is 0 Å². The molecule has 0 saturated carbocycles. The second kappa shape index (κ2) is 9.66. The van der Waals surface area contributed by atoms with Gasteiger partial charge in [0.25, 0.3) is 0 Å². The zero-order chi connectivity index (χ0) is 22.6. The fourth-order valence-electron chi connectivity index (χ4n) is 3.03. The van der Waals surface area contributed by atoms with Gasteiger partial charge in [0.15, 0.2) is 5.78 Å². The fourth-order valence-corrected chi connectivity index (χ4v) is 3.59. The summed E-state index contributed by atoms with van der Waals surface area (Å²) in [7, 11) is 0. The topological polar surface area (TPSA) is 111 Å². The summed E-state index contributed by atoms with van der Waals surface area (Å²) < 4.78 is 10.7. The number of alkyl carbamates (subject to hydrolysis) is 1. The van der Waals surface area contributed by atoms with Crippen molar-refractivity contribution in [3.8, 4) is 0 Å². The number of hydrogen-bond acceptors (Lipinski definition) is 6. The van der Waals surface area contributed by atoms with Crippen molar-refractivity contribution in [2.24, 2.45) is 5.92 Å². The maximum absolute atomic E-state index is 12.8. The van der Waals surface area contributed by atoms with Crippen molar-refractivity contribution in [2.45, 2.75) is 51.9 Å². The Labute approximate surface area is 184 Å². The highest BCUT2D eigenvalue weighted by Gasteiger charge is 2.43. The molecule has 0 aromatic heterocycles. The summed E-state index contributed by atoms with van der Waals surface area (Å²) in [5, 5.41) is 5.17. The Bertz CT molecular complexity index is 832. The van der Waals surface area contributed by atoms with Crippen LogP contribution in [0.5, 0.6) is 0 Å². The summed E-state index contributed by atoms with van der Waals surface area (Å²) in [6.07, 6.45) is -1.84. The van der Waals surface area contributed by atoms with Crippen LogP contribution in [0.25, 0.3) is 0 Å². The van der Waals surface area contributed by atoms with Gasteiger partial charge in [-0.1, -0.05) is 29.3 Å². The van der Waals surface area contributed by atoms with Crippen LogP contribution in [0.2, 0.25) is 10.0 Å². The van der Waals surface area contributed by atoms with Crippen molar-refractivity contribution in [3.63, 3.8) is 0 Å². The monoisotopic (exact) mass is 458 g/mol. The molecule has 0 aliphatic carbocycles. The first-order chi connectivity index (χ1) is 13.9. The molecule has 0 bridgehead atoms. The Balaban J connectivity index is 2.35. The fraction of sp³-hybridized carbons (Fsp3) is 0.500. The molecule has 2 rings (SSSR count). The number of rotatable bonds is 6. The van der Waals surface area contributed by atoms with Gasteiger partial charge in [0.05, 0.1) is 21.5 Å². The van der Waals surface area contributed by atoms with E-state index in [0.717, 1.165) is 0 Å². The van der Waals surface area contributed by atoms with Crippen molar-refractivity contribution in [1.29, 1.82) is 0 Å². The first-order valence-corrected chi connectivity index (χ1v) is 10.1. The summed E-state index contributed by atoms with van der Waals surface area (Å²) in [5.41, 5.74) is -0.906. The highest BCUT2D eigenvalue weighted by molar-refractivity contribution is 6.39. The van der Waals surface area contributed by atoms with E-state index < -0.39 is 47.4 Å². The molecule has 1 aliphatic heterocycles. The van der Waals surface area contributed by atoms with E-state index in [-0.39, 0.29) is 15.6 Å². The third-order valence-electron chi connectivity index (χ3n) is 4.34. The van der Waals surface area contributed by atoms with Gasteiger partial charge >= 0.3 is 12.1 Å². The molecule has 2 N–H and O–H groups in total. The molecule has 2 amide bonds. The molecule has 0 spiro atoms. The first kappa shape index (κ1) is 24.0. The van der Waals surface area contributed by atoms with Crippen LogP contribution >= 0.6 is 23.2 Å². The number of Topliss-reactive ketones (excluding diaryl/α,β-unsaturated/α-hetero) is 1. The number of ketones is 1. The van der Waals surface area contributed by atoms with Crippen molar-refractivity contribution in [3.05, 3.63) is 33.8 Å². The van der Waals surface area contributed by atoms with E-state index in [1.165, 1.54) is 19.1 Å². The van der Waals surface area contributed by atoms with E-state index in [4.69, 9.17) is 32.7 Å². The molecular weight excluding hydrogens is 435 g/mol. The molecule has 1 heterocycles. The average molecular weight is 459 g/mol. The van der Waals surface area contributed by atoms with Gasteiger partial charge in [-0.2, -0.15) is 0 Å². The minimum absolute atomic E-state index is 0.0570. The molecule has 3 atom stereocenters.